The zero-order valence-corrected chi connectivity index (χ0v) is 10.2. The molecule has 0 aromatic heterocycles. The first-order valence-corrected chi connectivity index (χ1v) is 6.00. The lowest BCUT2D eigenvalue weighted by molar-refractivity contribution is -0.136. The standard InChI is InChI=1S/C12H22N2O/c1-8-5-6-10-11(7-8)13-14(9(2)15)12(10,3)4/h8,10-11,13H,5-7H2,1-4H3/t8-,10-,11+/m1/s1. The van der Waals surface area contributed by atoms with E-state index in [1.165, 1.54) is 19.3 Å². The summed E-state index contributed by atoms with van der Waals surface area (Å²) in [6.45, 7) is 8.32. The highest BCUT2D eigenvalue weighted by Gasteiger charge is 2.50. The first-order valence-electron chi connectivity index (χ1n) is 6.00. The smallest absolute Gasteiger partial charge is 0.234 e. The lowest BCUT2D eigenvalue weighted by Crippen LogP contribution is -2.48. The van der Waals surface area contributed by atoms with Crippen molar-refractivity contribution >= 4 is 5.91 Å². The van der Waals surface area contributed by atoms with Crippen molar-refractivity contribution in [2.24, 2.45) is 11.8 Å². The largest absolute Gasteiger partial charge is 0.274 e. The minimum atomic E-state index is -0.0172. The number of carbonyl (C=O) groups is 1. The molecule has 0 radical (unpaired) electrons. The molecular formula is C12H22N2O. The van der Waals surface area contributed by atoms with Crippen molar-refractivity contribution in [1.29, 1.82) is 0 Å². The Kier molecular flexibility index (Phi) is 2.53. The van der Waals surface area contributed by atoms with Crippen molar-refractivity contribution in [3.63, 3.8) is 0 Å². The highest BCUT2D eigenvalue weighted by atomic mass is 16.2. The molecule has 1 aliphatic carbocycles. The molecule has 2 aliphatic rings. The summed E-state index contributed by atoms with van der Waals surface area (Å²) in [4.78, 5) is 11.5. The van der Waals surface area contributed by atoms with Crippen molar-refractivity contribution < 1.29 is 4.79 Å². The third-order valence-corrected chi connectivity index (χ3v) is 4.21. The van der Waals surface area contributed by atoms with E-state index in [0.717, 1.165) is 5.92 Å². The van der Waals surface area contributed by atoms with Crippen LogP contribution in [0.1, 0.15) is 47.0 Å². The van der Waals surface area contributed by atoms with Crippen molar-refractivity contribution in [2.45, 2.75) is 58.5 Å². The van der Waals surface area contributed by atoms with Gasteiger partial charge in [0.05, 0.1) is 5.54 Å². The van der Waals surface area contributed by atoms with Gasteiger partial charge in [0.25, 0.3) is 0 Å². The molecule has 3 atom stereocenters. The summed E-state index contributed by atoms with van der Waals surface area (Å²) >= 11 is 0. The second-order valence-corrected chi connectivity index (χ2v) is 5.77. The van der Waals surface area contributed by atoms with Gasteiger partial charge < -0.3 is 0 Å². The van der Waals surface area contributed by atoms with Crippen molar-refractivity contribution in [3.8, 4) is 0 Å². The molecule has 3 nitrogen and oxygen atoms in total. The van der Waals surface area contributed by atoms with Gasteiger partial charge in [0, 0.05) is 18.9 Å². The fraction of sp³-hybridized carbons (Fsp3) is 0.917. The fourth-order valence-corrected chi connectivity index (χ4v) is 3.36. The van der Waals surface area contributed by atoms with Crippen LogP contribution < -0.4 is 5.43 Å². The summed E-state index contributed by atoms with van der Waals surface area (Å²) in [6, 6.07) is 0.507. The first-order chi connectivity index (χ1) is 6.93. The van der Waals surface area contributed by atoms with Crippen molar-refractivity contribution in [1.82, 2.24) is 10.4 Å². The van der Waals surface area contributed by atoms with Crippen LogP contribution in [0, 0.1) is 11.8 Å². The van der Waals surface area contributed by atoms with Crippen LogP contribution in [-0.2, 0) is 4.79 Å². The molecule has 1 saturated carbocycles. The third-order valence-electron chi connectivity index (χ3n) is 4.21. The maximum Gasteiger partial charge on any atom is 0.234 e. The minimum Gasteiger partial charge on any atom is -0.274 e. The number of nitrogens with zero attached hydrogens (tertiary/aromatic N) is 1. The zero-order valence-electron chi connectivity index (χ0n) is 10.2. The topological polar surface area (TPSA) is 32.3 Å². The van der Waals surface area contributed by atoms with Gasteiger partial charge in [-0.1, -0.05) is 13.3 Å². The van der Waals surface area contributed by atoms with E-state index in [-0.39, 0.29) is 11.4 Å². The number of hydrazine groups is 1. The second kappa shape index (κ2) is 3.48. The molecule has 1 N–H and O–H groups in total. The molecule has 15 heavy (non-hydrogen) atoms. The maximum absolute atomic E-state index is 11.5. The molecule has 86 valence electrons. The van der Waals surface area contributed by atoms with E-state index in [0.29, 0.717) is 12.0 Å². The lowest BCUT2D eigenvalue weighted by Gasteiger charge is -2.36. The van der Waals surface area contributed by atoms with Gasteiger partial charge in [-0.25, -0.2) is 5.43 Å². The van der Waals surface area contributed by atoms with E-state index >= 15 is 0 Å². The number of amides is 1. The number of carbonyl (C=O) groups excluding carboxylic acids is 1. The molecule has 1 heterocycles. The van der Waals surface area contributed by atoms with Crippen LogP contribution in [0.25, 0.3) is 0 Å². The SMILES string of the molecule is CC(=O)N1N[C@H]2C[C@H](C)CC[C@H]2C1(C)C. The summed E-state index contributed by atoms with van der Waals surface area (Å²) in [5.41, 5.74) is 3.38. The van der Waals surface area contributed by atoms with Crippen LogP contribution in [0.4, 0.5) is 0 Å². The average molecular weight is 210 g/mol. The van der Waals surface area contributed by atoms with Crippen LogP contribution in [0.5, 0.6) is 0 Å². The third kappa shape index (κ3) is 1.67. The van der Waals surface area contributed by atoms with E-state index < -0.39 is 0 Å². The molecule has 1 amide bonds. The summed E-state index contributed by atoms with van der Waals surface area (Å²) in [7, 11) is 0. The Labute approximate surface area is 92.2 Å². The molecule has 1 aliphatic heterocycles. The number of hydrogen-bond donors (Lipinski definition) is 1. The number of rotatable bonds is 0. The molecule has 0 aromatic rings. The first kappa shape index (κ1) is 10.9. The van der Waals surface area contributed by atoms with Crippen LogP contribution in [0.2, 0.25) is 0 Å². The Hall–Kier alpha value is -0.570. The van der Waals surface area contributed by atoms with Crippen LogP contribution in [0.3, 0.4) is 0 Å². The highest BCUT2D eigenvalue weighted by molar-refractivity contribution is 5.74. The molecule has 2 rings (SSSR count). The second-order valence-electron chi connectivity index (χ2n) is 5.77. The normalized spacial score (nSPS) is 38.9. The summed E-state index contributed by atoms with van der Waals surface area (Å²) in [5, 5.41) is 1.85. The maximum atomic E-state index is 11.5. The summed E-state index contributed by atoms with van der Waals surface area (Å²) < 4.78 is 0. The zero-order chi connectivity index (χ0) is 11.2. The lowest BCUT2D eigenvalue weighted by atomic mass is 9.72. The predicted octanol–water partition coefficient (Wildman–Crippen LogP) is 1.94. The van der Waals surface area contributed by atoms with E-state index in [9.17, 15) is 4.79 Å². The Morgan fingerprint density at radius 1 is 1.40 bits per heavy atom. The van der Waals surface area contributed by atoms with Crippen molar-refractivity contribution in [2.75, 3.05) is 0 Å². The molecule has 0 bridgehead atoms. The minimum absolute atomic E-state index is 0.0172. The van der Waals surface area contributed by atoms with Crippen LogP contribution in [-0.4, -0.2) is 22.5 Å². The quantitative estimate of drug-likeness (QED) is 0.662. The molecular weight excluding hydrogens is 188 g/mol. The number of hydrogen-bond acceptors (Lipinski definition) is 2. The van der Waals surface area contributed by atoms with Gasteiger partial charge in [0.1, 0.15) is 0 Å². The number of fused-ring (bicyclic) bond motifs is 1. The number of nitrogens with one attached hydrogen (secondary N) is 1. The fourth-order valence-electron chi connectivity index (χ4n) is 3.36. The summed E-state index contributed by atoms with van der Waals surface area (Å²) in [6.07, 6.45) is 3.76. The van der Waals surface area contributed by atoms with Gasteiger partial charge in [-0.05, 0) is 32.6 Å². The Bertz CT molecular complexity index is 275. The molecule has 0 unspecified atom stereocenters. The Morgan fingerprint density at radius 3 is 2.67 bits per heavy atom. The van der Waals surface area contributed by atoms with Crippen LogP contribution in [0.15, 0.2) is 0 Å². The van der Waals surface area contributed by atoms with Crippen LogP contribution >= 0.6 is 0 Å². The Balaban J connectivity index is 2.19. The van der Waals surface area contributed by atoms with Gasteiger partial charge in [-0.3, -0.25) is 9.80 Å². The van der Waals surface area contributed by atoms with E-state index in [4.69, 9.17) is 0 Å². The monoisotopic (exact) mass is 210 g/mol. The average Bonchev–Trinajstić information content (AvgIpc) is 2.37. The molecule has 0 aromatic carbocycles. The van der Waals surface area contributed by atoms with Crippen molar-refractivity contribution in [3.05, 3.63) is 0 Å². The van der Waals surface area contributed by atoms with E-state index in [2.05, 4.69) is 26.2 Å². The predicted molar refractivity (Wildman–Crippen MR) is 60.0 cm³/mol. The molecule has 0 spiro atoms. The Morgan fingerprint density at radius 2 is 2.07 bits per heavy atom. The van der Waals surface area contributed by atoms with Gasteiger partial charge in [0.15, 0.2) is 0 Å². The van der Waals surface area contributed by atoms with E-state index in [1.54, 1.807) is 6.92 Å². The highest BCUT2D eigenvalue weighted by Crippen LogP contribution is 2.42. The van der Waals surface area contributed by atoms with Gasteiger partial charge in [-0.2, -0.15) is 0 Å². The van der Waals surface area contributed by atoms with E-state index in [1.807, 2.05) is 5.01 Å². The van der Waals surface area contributed by atoms with Gasteiger partial charge in [0.2, 0.25) is 5.91 Å². The van der Waals surface area contributed by atoms with Gasteiger partial charge >= 0.3 is 0 Å². The molecule has 2 fully saturated rings. The summed E-state index contributed by atoms with van der Waals surface area (Å²) in [5.74, 6) is 1.56. The van der Waals surface area contributed by atoms with Gasteiger partial charge in [-0.15, -0.1) is 0 Å². The molecule has 1 saturated heterocycles. The molecule has 3 heteroatoms.